The Kier molecular flexibility index (Phi) is 5.94. The van der Waals surface area contributed by atoms with E-state index in [1.54, 1.807) is 0 Å². The second-order valence-electron chi connectivity index (χ2n) is 16.2. The first kappa shape index (κ1) is 28.0. The minimum Gasteiger partial charge on any atom is -0.481 e. The summed E-state index contributed by atoms with van der Waals surface area (Å²) in [6.07, 6.45) is 11.1. The highest BCUT2D eigenvalue weighted by molar-refractivity contribution is 5.89. The van der Waals surface area contributed by atoms with Crippen molar-refractivity contribution in [2.75, 3.05) is 6.61 Å². The molecule has 0 bridgehead atoms. The number of hydrogen-bond acceptors (Lipinski definition) is 4. The van der Waals surface area contributed by atoms with Crippen molar-refractivity contribution < 1.29 is 19.4 Å². The van der Waals surface area contributed by atoms with Gasteiger partial charge in [-0.2, -0.15) is 5.10 Å². The van der Waals surface area contributed by atoms with Crippen LogP contribution < -0.4 is 0 Å². The number of nitrogens with one attached hydrogen (secondary N) is 1. The van der Waals surface area contributed by atoms with E-state index in [1.807, 2.05) is 6.92 Å². The molecule has 3 fully saturated rings. The van der Waals surface area contributed by atoms with Crippen molar-refractivity contribution in [3.8, 4) is 0 Å². The molecule has 0 amide bonds. The summed E-state index contributed by atoms with van der Waals surface area (Å²) in [5.74, 6) is 0.126. The van der Waals surface area contributed by atoms with Crippen molar-refractivity contribution in [3.63, 3.8) is 0 Å². The van der Waals surface area contributed by atoms with E-state index in [9.17, 15) is 14.7 Å². The maximum Gasteiger partial charge on any atom is 0.359 e. The fourth-order valence-electron chi connectivity index (χ4n) is 11.4. The molecular formula is C34H50N2O4. The number of carboxylic acid groups (broad SMARTS) is 1. The van der Waals surface area contributed by atoms with E-state index in [0.29, 0.717) is 24.1 Å². The van der Waals surface area contributed by atoms with Gasteiger partial charge >= 0.3 is 11.9 Å². The Labute approximate surface area is 240 Å². The van der Waals surface area contributed by atoms with Crippen LogP contribution in [0.1, 0.15) is 129 Å². The molecule has 3 unspecified atom stereocenters. The third kappa shape index (κ3) is 3.37. The third-order valence-corrected chi connectivity index (χ3v) is 13.7. The summed E-state index contributed by atoms with van der Waals surface area (Å²) in [6, 6.07) is 0. The Balaban J connectivity index is 1.46. The summed E-state index contributed by atoms with van der Waals surface area (Å²) in [6.45, 7) is 19.0. The molecule has 220 valence electrons. The molecule has 0 spiro atoms. The van der Waals surface area contributed by atoms with Crippen molar-refractivity contribution in [2.24, 2.45) is 44.8 Å². The highest BCUT2D eigenvalue weighted by Crippen LogP contribution is 2.75. The minimum atomic E-state index is -0.613. The lowest BCUT2D eigenvalue weighted by Gasteiger charge is -2.70. The van der Waals surface area contributed by atoms with Crippen LogP contribution in [0, 0.1) is 44.8 Å². The zero-order valence-corrected chi connectivity index (χ0v) is 26.0. The first-order chi connectivity index (χ1) is 18.6. The van der Waals surface area contributed by atoms with Gasteiger partial charge in [0, 0.05) is 16.7 Å². The predicted octanol–water partition coefficient (Wildman–Crippen LogP) is 7.49. The molecule has 3 saturated carbocycles. The van der Waals surface area contributed by atoms with Crippen LogP contribution >= 0.6 is 0 Å². The molecule has 5 aliphatic rings. The van der Waals surface area contributed by atoms with Gasteiger partial charge in [0.05, 0.1) is 12.0 Å². The molecule has 0 radical (unpaired) electrons. The molecule has 5 aliphatic carbocycles. The molecule has 6 rings (SSSR count). The zero-order valence-electron chi connectivity index (χ0n) is 26.0. The van der Waals surface area contributed by atoms with E-state index in [2.05, 4.69) is 64.7 Å². The number of aromatic nitrogens is 2. The summed E-state index contributed by atoms with van der Waals surface area (Å²) >= 11 is 0. The number of rotatable bonds is 3. The summed E-state index contributed by atoms with van der Waals surface area (Å²) in [5, 5.41) is 18.4. The number of carbonyl (C=O) groups excluding carboxylic acids is 1. The summed E-state index contributed by atoms with van der Waals surface area (Å²) in [5.41, 5.74) is 3.53. The van der Waals surface area contributed by atoms with Gasteiger partial charge in [0.2, 0.25) is 0 Å². The molecule has 1 aromatic rings. The number of esters is 1. The number of hydrogen-bond donors (Lipinski definition) is 2. The normalized spacial score (nSPS) is 42.7. The SMILES string of the molecule is CCOC(=O)c1n[nH]c2c1C[C@@]1(C)C(CC[C@]3(C)C1CC=C1C4CC(C)(C)CC[C@]4(C(=O)O)CC[C@]13C)C2(C)C. The van der Waals surface area contributed by atoms with Crippen molar-refractivity contribution in [1.29, 1.82) is 0 Å². The number of allylic oxidation sites excluding steroid dienone is 2. The van der Waals surface area contributed by atoms with Gasteiger partial charge in [0.15, 0.2) is 5.69 Å². The number of carbonyl (C=O) groups is 2. The molecule has 1 heterocycles. The Morgan fingerprint density at radius 1 is 1.02 bits per heavy atom. The minimum absolute atomic E-state index is 0.00712. The molecule has 7 atom stereocenters. The number of aliphatic carboxylic acids is 1. The smallest absolute Gasteiger partial charge is 0.359 e. The van der Waals surface area contributed by atoms with Crippen LogP contribution in [-0.2, 0) is 21.4 Å². The van der Waals surface area contributed by atoms with E-state index in [0.717, 1.165) is 69.0 Å². The largest absolute Gasteiger partial charge is 0.481 e. The van der Waals surface area contributed by atoms with Gasteiger partial charge in [-0.3, -0.25) is 9.89 Å². The summed E-state index contributed by atoms with van der Waals surface area (Å²) < 4.78 is 5.42. The average molecular weight is 551 g/mol. The fourth-order valence-corrected chi connectivity index (χ4v) is 11.4. The van der Waals surface area contributed by atoms with Crippen LogP contribution in [0.25, 0.3) is 0 Å². The second kappa shape index (κ2) is 8.47. The van der Waals surface area contributed by atoms with Crippen molar-refractivity contribution in [3.05, 3.63) is 28.6 Å². The standard InChI is InChI=1S/C34H50N2O4/c1-9-40-27(37)25-20-18-31(6)23(30(4,5)26(20)36-35-25)12-13-33(8)24(31)11-10-21-22-19-29(2,3)14-16-34(22,28(38)39)17-15-32(21,33)7/h10,22-24H,9,11-19H2,1-8H3,(H,35,36)(H,38,39)/t22?,23?,24?,31-,32+,33+,34-/m0/s1. The average Bonchev–Trinajstić information content (AvgIpc) is 3.28. The van der Waals surface area contributed by atoms with Crippen LogP contribution in [-0.4, -0.2) is 33.8 Å². The topological polar surface area (TPSA) is 92.3 Å². The van der Waals surface area contributed by atoms with Crippen molar-refractivity contribution >= 4 is 11.9 Å². The maximum absolute atomic E-state index is 12.9. The van der Waals surface area contributed by atoms with E-state index in [1.165, 1.54) is 5.57 Å². The van der Waals surface area contributed by atoms with Crippen LogP contribution in [0.2, 0.25) is 0 Å². The van der Waals surface area contributed by atoms with Gasteiger partial charge in [0.1, 0.15) is 0 Å². The first-order valence-corrected chi connectivity index (χ1v) is 15.8. The van der Waals surface area contributed by atoms with Gasteiger partial charge in [-0.05, 0) is 104 Å². The lowest BCUT2D eigenvalue weighted by atomic mass is 9.33. The van der Waals surface area contributed by atoms with Gasteiger partial charge in [-0.25, -0.2) is 4.79 Å². The number of H-pyrrole nitrogens is 1. The Morgan fingerprint density at radius 2 is 1.73 bits per heavy atom. The molecule has 6 heteroatoms. The van der Waals surface area contributed by atoms with Gasteiger partial charge in [-0.1, -0.05) is 60.1 Å². The third-order valence-electron chi connectivity index (χ3n) is 13.7. The number of aromatic amines is 1. The maximum atomic E-state index is 12.9. The molecular weight excluding hydrogens is 500 g/mol. The van der Waals surface area contributed by atoms with Crippen molar-refractivity contribution in [2.45, 2.75) is 119 Å². The quantitative estimate of drug-likeness (QED) is 0.300. The lowest BCUT2D eigenvalue weighted by molar-refractivity contribution is -0.177. The Bertz CT molecular complexity index is 1290. The number of fused-ring (bicyclic) bond motifs is 8. The molecule has 0 aromatic carbocycles. The number of carboxylic acids is 1. The van der Waals surface area contributed by atoms with Gasteiger partial charge in [0.25, 0.3) is 0 Å². The van der Waals surface area contributed by atoms with E-state index < -0.39 is 11.4 Å². The number of ether oxygens (including phenoxy) is 1. The highest BCUT2D eigenvalue weighted by Gasteiger charge is 2.69. The zero-order chi connectivity index (χ0) is 29.1. The molecule has 0 aliphatic heterocycles. The summed E-state index contributed by atoms with van der Waals surface area (Å²) in [4.78, 5) is 25.9. The van der Waals surface area contributed by atoms with Crippen LogP contribution in [0.15, 0.2) is 11.6 Å². The molecule has 40 heavy (non-hydrogen) atoms. The van der Waals surface area contributed by atoms with E-state index in [-0.39, 0.29) is 39.0 Å². The van der Waals surface area contributed by atoms with Gasteiger partial charge < -0.3 is 9.84 Å². The van der Waals surface area contributed by atoms with Gasteiger partial charge in [-0.15, -0.1) is 0 Å². The molecule has 2 N–H and O–H groups in total. The second-order valence-corrected chi connectivity index (χ2v) is 16.2. The van der Waals surface area contributed by atoms with Crippen LogP contribution in [0.5, 0.6) is 0 Å². The first-order valence-electron chi connectivity index (χ1n) is 15.8. The van der Waals surface area contributed by atoms with Crippen LogP contribution in [0.3, 0.4) is 0 Å². The van der Waals surface area contributed by atoms with Crippen LogP contribution in [0.4, 0.5) is 0 Å². The van der Waals surface area contributed by atoms with Crippen molar-refractivity contribution in [1.82, 2.24) is 10.2 Å². The molecule has 0 saturated heterocycles. The molecule has 1 aromatic heterocycles. The van der Waals surface area contributed by atoms with E-state index in [4.69, 9.17) is 4.74 Å². The fraction of sp³-hybridized carbons (Fsp3) is 0.794. The summed E-state index contributed by atoms with van der Waals surface area (Å²) in [7, 11) is 0. The molecule has 6 nitrogen and oxygen atoms in total. The monoisotopic (exact) mass is 550 g/mol. The Hall–Kier alpha value is -2.11. The number of nitrogens with zero attached hydrogens (tertiary/aromatic N) is 1. The lowest BCUT2D eigenvalue weighted by Crippen LogP contribution is -2.64. The predicted molar refractivity (Wildman–Crippen MR) is 155 cm³/mol. The Morgan fingerprint density at radius 3 is 2.40 bits per heavy atom. The highest BCUT2D eigenvalue weighted by atomic mass is 16.5. The van der Waals surface area contributed by atoms with E-state index >= 15 is 0 Å².